The molecule has 0 amide bonds. The third-order valence-electron chi connectivity index (χ3n) is 9.77. The van der Waals surface area contributed by atoms with E-state index < -0.39 is 0 Å². The lowest BCUT2D eigenvalue weighted by molar-refractivity contribution is -0.119. The Hall–Kier alpha value is -2.10. The normalized spacial score (nSPS) is 35.5. The third kappa shape index (κ3) is 3.33. The fraction of sp³-hybridized carbons (Fsp3) is 0.643. The SMILES string of the molecule is CC1CCC2CC3=C(CCCC4NC(N)=NCC4Cc4ccccc4)C(=O)CC31C2(C)C. The average Bonchev–Trinajstić information content (AvgIpc) is 3.09. The van der Waals surface area contributed by atoms with Crippen LogP contribution in [0.5, 0.6) is 0 Å². The van der Waals surface area contributed by atoms with E-state index in [1.54, 1.807) is 5.57 Å². The van der Waals surface area contributed by atoms with E-state index in [1.807, 2.05) is 0 Å². The number of rotatable bonds is 6. The van der Waals surface area contributed by atoms with Gasteiger partial charge in [0, 0.05) is 30.3 Å². The van der Waals surface area contributed by atoms with Crippen LogP contribution < -0.4 is 11.1 Å². The summed E-state index contributed by atoms with van der Waals surface area (Å²) in [6.45, 7) is 8.07. The van der Waals surface area contributed by atoms with Gasteiger partial charge in [-0.25, -0.2) is 0 Å². The summed E-state index contributed by atoms with van der Waals surface area (Å²) in [6, 6.07) is 11.0. The largest absolute Gasteiger partial charge is 0.370 e. The molecule has 0 saturated heterocycles. The molecule has 4 heteroatoms. The van der Waals surface area contributed by atoms with Gasteiger partial charge in [-0.1, -0.05) is 56.7 Å². The Morgan fingerprint density at radius 2 is 1.97 bits per heavy atom. The van der Waals surface area contributed by atoms with Crippen LogP contribution in [0.1, 0.15) is 71.3 Å². The first-order chi connectivity index (χ1) is 15.3. The summed E-state index contributed by atoms with van der Waals surface area (Å²) >= 11 is 0. The molecule has 2 bridgehead atoms. The van der Waals surface area contributed by atoms with Crippen LogP contribution in [0.15, 0.2) is 46.5 Å². The molecule has 4 aliphatic rings. The van der Waals surface area contributed by atoms with Crippen LogP contribution in [0.3, 0.4) is 0 Å². The van der Waals surface area contributed by atoms with Crippen LogP contribution in [-0.4, -0.2) is 24.3 Å². The number of fused-ring (bicyclic) bond motifs is 1. The van der Waals surface area contributed by atoms with Crippen LogP contribution in [0.2, 0.25) is 0 Å². The van der Waals surface area contributed by atoms with Crippen molar-refractivity contribution in [2.75, 3.05) is 6.54 Å². The topological polar surface area (TPSA) is 67.5 Å². The summed E-state index contributed by atoms with van der Waals surface area (Å²) in [6.07, 6.45) is 8.55. The number of nitrogens with one attached hydrogen (secondary N) is 1. The van der Waals surface area contributed by atoms with Crippen molar-refractivity contribution in [1.82, 2.24) is 5.32 Å². The van der Waals surface area contributed by atoms with Gasteiger partial charge in [0.1, 0.15) is 0 Å². The minimum absolute atomic E-state index is 0.137. The van der Waals surface area contributed by atoms with Crippen molar-refractivity contribution in [2.45, 2.75) is 78.2 Å². The lowest BCUT2D eigenvalue weighted by Gasteiger charge is -2.51. The number of Topliss-reactive ketones (excluding diaryl/α,β-unsaturated/α-hetero) is 1. The van der Waals surface area contributed by atoms with Crippen LogP contribution in [0.25, 0.3) is 0 Å². The highest BCUT2D eigenvalue weighted by Gasteiger charge is 2.65. The Morgan fingerprint density at radius 1 is 1.19 bits per heavy atom. The molecule has 2 fully saturated rings. The zero-order valence-corrected chi connectivity index (χ0v) is 20.0. The lowest BCUT2D eigenvalue weighted by Crippen LogP contribution is -2.49. The molecule has 1 aromatic carbocycles. The molecule has 32 heavy (non-hydrogen) atoms. The van der Waals surface area contributed by atoms with E-state index in [-0.39, 0.29) is 10.8 Å². The molecule has 172 valence electrons. The van der Waals surface area contributed by atoms with E-state index >= 15 is 0 Å². The van der Waals surface area contributed by atoms with E-state index in [0.29, 0.717) is 29.6 Å². The van der Waals surface area contributed by atoms with E-state index in [4.69, 9.17) is 5.73 Å². The first-order valence-corrected chi connectivity index (χ1v) is 12.7. The Balaban J connectivity index is 1.30. The minimum atomic E-state index is 0.137. The molecule has 5 rings (SSSR count). The highest BCUT2D eigenvalue weighted by Crippen LogP contribution is 2.72. The monoisotopic (exact) mass is 433 g/mol. The fourth-order valence-electron chi connectivity index (χ4n) is 7.88. The van der Waals surface area contributed by atoms with Gasteiger partial charge in [0.05, 0.1) is 0 Å². The van der Waals surface area contributed by atoms with Crippen LogP contribution in [-0.2, 0) is 11.2 Å². The highest BCUT2D eigenvalue weighted by molar-refractivity contribution is 6.00. The number of allylic oxidation sites excluding steroid dienone is 2. The first kappa shape index (κ1) is 21.7. The minimum Gasteiger partial charge on any atom is -0.370 e. The fourth-order valence-corrected chi connectivity index (χ4v) is 7.88. The zero-order chi connectivity index (χ0) is 22.5. The van der Waals surface area contributed by atoms with Gasteiger partial charge in [0.15, 0.2) is 11.7 Å². The molecule has 5 unspecified atom stereocenters. The molecule has 1 heterocycles. The number of nitrogens with two attached hydrogens (primary N) is 1. The predicted octanol–water partition coefficient (Wildman–Crippen LogP) is 5.03. The second-order valence-corrected chi connectivity index (χ2v) is 11.4. The number of carbonyl (C=O) groups is 1. The maximum Gasteiger partial charge on any atom is 0.188 e. The number of hydrogen-bond acceptors (Lipinski definition) is 4. The van der Waals surface area contributed by atoms with Gasteiger partial charge >= 0.3 is 0 Å². The quantitative estimate of drug-likeness (QED) is 0.661. The third-order valence-corrected chi connectivity index (χ3v) is 9.77. The molecule has 1 aromatic rings. The molecule has 3 N–H and O–H groups in total. The Morgan fingerprint density at radius 3 is 2.75 bits per heavy atom. The summed E-state index contributed by atoms with van der Waals surface area (Å²) < 4.78 is 0. The molecule has 0 radical (unpaired) electrons. The smallest absolute Gasteiger partial charge is 0.188 e. The van der Waals surface area contributed by atoms with E-state index in [9.17, 15) is 4.79 Å². The van der Waals surface area contributed by atoms with Gasteiger partial charge in [0.25, 0.3) is 0 Å². The first-order valence-electron chi connectivity index (χ1n) is 12.7. The Labute approximate surface area is 193 Å². The van der Waals surface area contributed by atoms with Crippen LogP contribution in [0, 0.1) is 28.6 Å². The van der Waals surface area contributed by atoms with Crippen molar-refractivity contribution >= 4 is 11.7 Å². The van der Waals surface area contributed by atoms with Gasteiger partial charge in [0.2, 0.25) is 0 Å². The van der Waals surface area contributed by atoms with E-state index in [0.717, 1.165) is 51.0 Å². The van der Waals surface area contributed by atoms with Crippen molar-refractivity contribution in [3.05, 3.63) is 47.0 Å². The summed E-state index contributed by atoms with van der Waals surface area (Å²) in [5.41, 5.74) is 10.6. The summed E-state index contributed by atoms with van der Waals surface area (Å²) in [7, 11) is 0. The second kappa shape index (κ2) is 8.04. The molecule has 4 nitrogen and oxygen atoms in total. The second-order valence-electron chi connectivity index (χ2n) is 11.4. The van der Waals surface area contributed by atoms with E-state index in [2.05, 4.69) is 61.4 Å². The van der Waals surface area contributed by atoms with Gasteiger partial charge in [-0.15, -0.1) is 0 Å². The van der Waals surface area contributed by atoms with Crippen LogP contribution >= 0.6 is 0 Å². The number of ketones is 1. The number of hydrogen-bond donors (Lipinski definition) is 2. The van der Waals surface area contributed by atoms with Gasteiger partial charge in [-0.3, -0.25) is 9.79 Å². The van der Waals surface area contributed by atoms with Gasteiger partial charge < -0.3 is 11.1 Å². The van der Waals surface area contributed by atoms with Crippen molar-refractivity contribution in [3.8, 4) is 0 Å². The number of benzene rings is 1. The molecular weight excluding hydrogens is 394 g/mol. The Kier molecular flexibility index (Phi) is 5.46. The van der Waals surface area contributed by atoms with Gasteiger partial charge in [-0.2, -0.15) is 0 Å². The number of nitrogens with zero attached hydrogens (tertiary/aromatic N) is 1. The molecule has 1 aliphatic heterocycles. The van der Waals surface area contributed by atoms with Crippen molar-refractivity contribution in [3.63, 3.8) is 0 Å². The van der Waals surface area contributed by atoms with Crippen molar-refractivity contribution < 1.29 is 4.79 Å². The van der Waals surface area contributed by atoms with Crippen LogP contribution in [0.4, 0.5) is 0 Å². The average molecular weight is 434 g/mol. The molecule has 3 aliphatic carbocycles. The molecule has 2 saturated carbocycles. The molecule has 1 spiro atoms. The zero-order valence-electron chi connectivity index (χ0n) is 20.0. The standard InChI is InChI=1S/C28H39N3O/c1-18-12-13-21-15-23-22(25(32)16-28(18,23)27(21,2)3)10-7-11-24-20(17-30-26(29)31-24)14-19-8-5-4-6-9-19/h4-6,8-9,18,20-21,24H,7,10-17H2,1-3H3,(H3,29,30,31). The van der Waals surface area contributed by atoms with Crippen molar-refractivity contribution in [2.24, 2.45) is 39.3 Å². The summed E-state index contributed by atoms with van der Waals surface area (Å²) in [5.74, 6) is 2.83. The van der Waals surface area contributed by atoms with Crippen molar-refractivity contribution in [1.29, 1.82) is 0 Å². The Bertz CT molecular complexity index is 947. The molecule has 0 aromatic heterocycles. The lowest BCUT2D eigenvalue weighted by atomic mass is 9.53. The maximum absolute atomic E-state index is 13.2. The summed E-state index contributed by atoms with van der Waals surface area (Å²) in [5, 5.41) is 3.45. The number of carbonyl (C=O) groups excluding carboxylic acids is 1. The summed E-state index contributed by atoms with van der Waals surface area (Å²) in [4.78, 5) is 17.7. The molecular formula is C28H39N3O. The predicted molar refractivity (Wildman–Crippen MR) is 130 cm³/mol. The number of guanidine groups is 1. The molecule has 5 atom stereocenters. The maximum atomic E-state index is 13.2. The highest BCUT2D eigenvalue weighted by atomic mass is 16.1. The number of aliphatic imine (C=N–C) groups is 1. The van der Waals surface area contributed by atoms with Gasteiger partial charge in [-0.05, 0) is 73.3 Å². The van der Waals surface area contributed by atoms with E-state index in [1.165, 1.54) is 24.0 Å².